The van der Waals surface area contributed by atoms with Crippen molar-refractivity contribution in [1.29, 1.82) is 0 Å². The van der Waals surface area contributed by atoms with Gasteiger partial charge in [-0.1, -0.05) is 31.2 Å². The third kappa shape index (κ3) is 5.24. The largest absolute Gasteiger partial charge is 0.362 e. The first-order valence-corrected chi connectivity index (χ1v) is 10.1. The third-order valence-electron chi connectivity index (χ3n) is 5.43. The van der Waals surface area contributed by atoms with Gasteiger partial charge in [0, 0.05) is 31.3 Å². The zero-order valence-corrected chi connectivity index (χ0v) is 17.6. The van der Waals surface area contributed by atoms with Crippen molar-refractivity contribution in [3.05, 3.63) is 54.5 Å². The Morgan fingerprint density at radius 1 is 1.26 bits per heavy atom. The van der Waals surface area contributed by atoms with Crippen molar-refractivity contribution in [3.63, 3.8) is 0 Å². The average Bonchev–Trinajstić information content (AvgIpc) is 3.46. The van der Waals surface area contributed by atoms with Crippen LogP contribution in [0.15, 0.2) is 48.9 Å². The lowest BCUT2D eigenvalue weighted by molar-refractivity contribution is -0.132. The Bertz CT molecular complexity index is 1020. The zero-order valence-electron chi connectivity index (χ0n) is 17.6. The van der Waals surface area contributed by atoms with Gasteiger partial charge in [0.05, 0.1) is 12.6 Å². The van der Waals surface area contributed by atoms with Crippen LogP contribution in [0.1, 0.15) is 24.8 Å². The first kappa shape index (κ1) is 22.4. The molecule has 8 nitrogen and oxygen atoms in total. The van der Waals surface area contributed by atoms with Gasteiger partial charge in [0.1, 0.15) is 12.5 Å². The molecule has 31 heavy (non-hydrogen) atoms. The van der Waals surface area contributed by atoms with E-state index in [1.54, 1.807) is 11.6 Å². The number of halogens is 1. The molecule has 4 rings (SSSR count). The van der Waals surface area contributed by atoms with Crippen LogP contribution >= 0.6 is 0 Å². The topological polar surface area (TPSA) is 106 Å². The molecule has 164 valence electrons. The van der Waals surface area contributed by atoms with Crippen molar-refractivity contribution in [3.8, 4) is 11.1 Å². The highest BCUT2D eigenvalue weighted by molar-refractivity contribution is 5.83. The van der Waals surface area contributed by atoms with Crippen molar-refractivity contribution < 1.29 is 14.0 Å². The minimum atomic E-state index is -0.932. The second kappa shape index (κ2) is 10.1. The standard InChI is InChI=1S/C20H22FN5O.C2H5NO/c1-13(19(22)20(27)25-9-8-17(21)11-25)14-2-4-15(5-3-14)16-6-7-18-23-12-24-26(18)10-16;1-3-2-4/h2-7,10,12-13,17,19H,8-9,11,22H2,1H3;2H,1H3,(H,3,4)/t13?,17-,19+;/m1./s1. The molecule has 1 unspecified atom stereocenters. The fourth-order valence-electron chi connectivity index (χ4n) is 3.52. The van der Waals surface area contributed by atoms with E-state index in [1.807, 2.05) is 49.5 Å². The number of fused-ring (bicyclic) bond motifs is 1. The lowest BCUT2D eigenvalue weighted by Gasteiger charge is -2.25. The van der Waals surface area contributed by atoms with E-state index in [4.69, 9.17) is 10.5 Å². The number of carbonyl (C=O) groups excluding carboxylic acids is 2. The molecule has 0 radical (unpaired) electrons. The average molecular weight is 426 g/mol. The molecule has 2 aromatic heterocycles. The Balaban J connectivity index is 0.000000628. The van der Waals surface area contributed by atoms with E-state index in [-0.39, 0.29) is 18.4 Å². The molecule has 1 aromatic carbocycles. The Kier molecular flexibility index (Phi) is 7.30. The number of amides is 2. The van der Waals surface area contributed by atoms with E-state index in [2.05, 4.69) is 15.4 Å². The predicted octanol–water partition coefficient (Wildman–Crippen LogP) is 1.76. The van der Waals surface area contributed by atoms with Crippen LogP contribution in [0.5, 0.6) is 0 Å². The Hall–Kier alpha value is -3.33. The number of pyridine rings is 1. The summed E-state index contributed by atoms with van der Waals surface area (Å²) in [5.74, 6) is -0.327. The SMILES string of the molecule is CC(c1ccc(-c2ccc3ncnn3c2)cc1)[C@H](N)C(=O)N1CC[C@@H](F)C1.CNC=O. The molecule has 0 spiro atoms. The van der Waals surface area contributed by atoms with Gasteiger partial charge in [-0.15, -0.1) is 0 Å². The molecule has 1 saturated heterocycles. The molecule has 0 saturated carbocycles. The molecule has 3 heterocycles. The van der Waals surface area contributed by atoms with Crippen LogP contribution in [0.4, 0.5) is 4.39 Å². The lowest BCUT2D eigenvalue weighted by Crippen LogP contribution is -2.45. The molecule has 0 bridgehead atoms. The fraction of sp³-hybridized carbons (Fsp3) is 0.364. The first-order chi connectivity index (χ1) is 14.9. The molecule has 0 aliphatic carbocycles. The number of benzene rings is 1. The Morgan fingerprint density at radius 2 is 1.94 bits per heavy atom. The van der Waals surface area contributed by atoms with Gasteiger partial charge in [0.15, 0.2) is 5.65 Å². The summed E-state index contributed by atoms with van der Waals surface area (Å²) >= 11 is 0. The van der Waals surface area contributed by atoms with Gasteiger partial charge in [-0.2, -0.15) is 5.10 Å². The van der Waals surface area contributed by atoms with Crippen LogP contribution in [-0.2, 0) is 9.59 Å². The summed E-state index contributed by atoms with van der Waals surface area (Å²) in [5, 5.41) is 6.41. The number of likely N-dealkylation sites (tertiary alicyclic amines) is 1. The van der Waals surface area contributed by atoms with Crippen molar-refractivity contribution >= 4 is 18.0 Å². The quantitative estimate of drug-likeness (QED) is 0.605. The number of nitrogens with zero attached hydrogens (tertiary/aromatic N) is 4. The number of nitrogens with one attached hydrogen (secondary N) is 1. The van der Waals surface area contributed by atoms with E-state index in [0.29, 0.717) is 19.4 Å². The molecule has 3 aromatic rings. The first-order valence-electron chi connectivity index (χ1n) is 10.1. The number of carbonyl (C=O) groups is 2. The van der Waals surface area contributed by atoms with Gasteiger partial charge in [0.25, 0.3) is 0 Å². The van der Waals surface area contributed by atoms with E-state index in [9.17, 15) is 9.18 Å². The molecule has 1 aliphatic rings. The highest BCUT2D eigenvalue weighted by Gasteiger charge is 2.32. The normalized spacial score (nSPS) is 17.5. The molecule has 2 amide bonds. The minimum absolute atomic E-state index is 0.150. The minimum Gasteiger partial charge on any atom is -0.362 e. The summed E-state index contributed by atoms with van der Waals surface area (Å²) < 4.78 is 15.1. The van der Waals surface area contributed by atoms with E-state index in [1.165, 1.54) is 11.2 Å². The fourth-order valence-corrected chi connectivity index (χ4v) is 3.52. The van der Waals surface area contributed by atoms with Crippen molar-refractivity contribution in [1.82, 2.24) is 24.8 Å². The van der Waals surface area contributed by atoms with Gasteiger partial charge in [-0.3, -0.25) is 9.59 Å². The predicted molar refractivity (Wildman–Crippen MR) is 116 cm³/mol. The van der Waals surface area contributed by atoms with Crippen LogP contribution in [0.25, 0.3) is 16.8 Å². The zero-order chi connectivity index (χ0) is 22.4. The van der Waals surface area contributed by atoms with E-state index >= 15 is 0 Å². The molecular formula is C22H27FN6O2. The Morgan fingerprint density at radius 3 is 2.55 bits per heavy atom. The summed E-state index contributed by atoms with van der Waals surface area (Å²) in [6.45, 7) is 2.54. The summed E-state index contributed by atoms with van der Waals surface area (Å²) in [4.78, 5) is 27.3. The number of hydrogen-bond acceptors (Lipinski definition) is 5. The number of aromatic nitrogens is 3. The molecule has 9 heteroatoms. The summed E-state index contributed by atoms with van der Waals surface area (Å²) in [7, 11) is 1.56. The number of rotatable bonds is 5. The van der Waals surface area contributed by atoms with Gasteiger partial charge in [-0.25, -0.2) is 13.9 Å². The maximum Gasteiger partial charge on any atom is 0.240 e. The second-order valence-electron chi connectivity index (χ2n) is 7.49. The molecular weight excluding hydrogens is 399 g/mol. The Labute approximate surface area is 180 Å². The highest BCUT2D eigenvalue weighted by Crippen LogP contribution is 2.25. The van der Waals surface area contributed by atoms with Crippen LogP contribution in [0, 0.1) is 0 Å². The van der Waals surface area contributed by atoms with Crippen LogP contribution < -0.4 is 11.1 Å². The molecule has 3 atom stereocenters. The van der Waals surface area contributed by atoms with Gasteiger partial charge in [-0.05, 0) is 29.7 Å². The number of alkyl halides is 1. The second-order valence-corrected chi connectivity index (χ2v) is 7.49. The summed E-state index contributed by atoms with van der Waals surface area (Å²) in [5.41, 5.74) is 10.0. The van der Waals surface area contributed by atoms with Gasteiger partial charge in [0.2, 0.25) is 12.3 Å². The maximum atomic E-state index is 13.4. The number of hydrogen-bond donors (Lipinski definition) is 2. The molecule has 3 N–H and O–H groups in total. The van der Waals surface area contributed by atoms with Crippen LogP contribution in [-0.4, -0.2) is 64.2 Å². The number of nitrogens with two attached hydrogens (primary N) is 1. The van der Waals surface area contributed by atoms with E-state index in [0.717, 1.165) is 22.3 Å². The lowest BCUT2D eigenvalue weighted by atomic mass is 9.91. The molecule has 1 aliphatic heterocycles. The maximum absolute atomic E-state index is 13.4. The third-order valence-corrected chi connectivity index (χ3v) is 5.43. The van der Waals surface area contributed by atoms with Crippen LogP contribution in [0.3, 0.4) is 0 Å². The smallest absolute Gasteiger partial charge is 0.240 e. The van der Waals surface area contributed by atoms with Crippen molar-refractivity contribution in [2.75, 3.05) is 20.1 Å². The summed E-state index contributed by atoms with van der Waals surface area (Å²) in [6, 6.07) is 11.2. The van der Waals surface area contributed by atoms with Crippen molar-refractivity contribution in [2.45, 2.75) is 31.5 Å². The van der Waals surface area contributed by atoms with E-state index < -0.39 is 12.2 Å². The van der Waals surface area contributed by atoms with Crippen molar-refractivity contribution in [2.24, 2.45) is 5.73 Å². The monoisotopic (exact) mass is 426 g/mol. The highest BCUT2D eigenvalue weighted by atomic mass is 19.1. The summed E-state index contributed by atoms with van der Waals surface area (Å²) in [6.07, 6.45) is 3.54. The van der Waals surface area contributed by atoms with Crippen LogP contribution in [0.2, 0.25) is 0 Å². The van der Waals surface area contributed by atoms with Gasteiger partial charge >= 0.3 is 0 Å². The molecule has 1 fully saturated rings. The van der Waals surface area contributed by atoms with Gasteiger partial charge < -0.3 is 16.0 Å².